The third-order valence-electron chi connectivity index (χ3n) is 3.17. The molecule has 0 aromatic carbocycles. The number of ether oxygens (including phenoxy) is 1. The van der Waals surface area contributed by atoms with Gasteiger partial charge < -0.3 is 15.0 Å². The van der Waals surface area contributed by atoms with E-state index in [1.165, 1.54) is 12.8 Å². The summed E-state index contributed by atoms with van der Waals surface area (Å²) in [6.45, 7) is 12.0. The van der Waals surface area contributed by atoms with E-state index in [1.54, 1.807) is 0 Å². The molecule has 0 aliphatic carbocycles. The predicted molar refractivity (Wildman–Crippen MR) is 64.2 cm³/mol. The molecule has 0 aromatic heterocycles. The fraction of sp³-hybridized carbons (Fsp3) is 1.00. The van der Waals surface area contributed by atoms with Crippen molar-refractivity contribution in [2.45, 2.75) is 45.8 Å². The summed E-state index contributed by atoms with van der Waals surface area (Å²) in [5, 5.41) is 3.35. The SMILES string of the molecule is CCNCC1CCC(CN(CC)CC)O1. The van der Waals surface area contributed by atoms with Crippen LogP contribution < -0.4 is 5.32 Å². The summed E-state index contributed by atoms with van der Waals surface area (Å²) in [5.74, 6) is 0. The zero-order valence-electron chi connectivity index (χ0n) is 10.5. The molecular formula is C12H26N2O. The number of rotatable bonds is 7. The Morgan fingerprint density at radius 2 is 1.80 bits per heavy atom. The minimum atomic E-state index is 0.450. The average molecular weight is 214 g/mol. The lowest BCUT2D eigenvalue weighted by molar-refractivity contribution is 0.0254. The topological polar surface area (TPSA) is 24.5 Å². The number of nitrogens with zero attached hydrogens (tertiary/aromatic N) is 1. The lowest BCUT2D eigenvalue weighted by Gasteiger charge is -2.22. The molecule has 0 aromatic rings. The first-order chi connectivity index (χ1) is 7.30. The van der Waals surface area contributed by atoms with Crippen LogP contribution in [0.4, 0.5) is 0 Å². The molecule has 0 radical (unpaired) electrons. The van der Waals surface area contributed by atoms with E-state index in [1.807, 2.05) is 0 Å². The van der Waals surface area contributed by atoms with Crippen molar-refractivity contribution in [3.63, 3.8) is 0 Å². The van der Waals surface area contributed by atoms with Gasteiger partial charge in [-0.3, -0.25) is 0 Å². The van der Waals surface area contributed by atoms with Gasteiger partial charge in [0.2, 0.25) is 0 Å². The third-order valence-corrected chi connectivity index (χ3v) is 3.17. The Labute approximate surface area is 94.2 Å². The molecule has 1 aliphatic heterocycles. The fourth-order valence-electron chi connectivity index (χ4n) is 2.14. The molecule has 3 nitrogen and oxygen atoms in total. The largest absolute Gasteiger partial charge is 0.372 e. The predicted octanol–water partition coefficient (Wildman–Crippen LogP) is 1.49. The highest BCUT2D eigenvalue weighted by Crippen LogP contribution is 2.19. The van der Waals surface area contributed by atoms with E-state index in [4.69, 9.17) is 4.74 Å². The van der Waals surface area contributed by atoms with Crippen LogP contribution in [0, 0.1) is 0 Å². The highest BCUT2D eigenvalue weighted by Gasteiger charge is 2.25. The zero-order chi connectivity index (χ0) is 11.1. The van der Waals surface area contributed by atoms with Crippen molar-refractivity contribution in [1.82, 2.24) is 10.2 Å². The van der Waals surface area contributed by atoms with Gasteiger partial charge >= 0.3 is 0 Å². The Hall–Kier alpha value is -0.120. The molecule has 0 amide bonds. The summed E-state index contributed by atoms with van der Waals surface area (Å²) in [7, 11) is 0. The van der Waals surface area contributed by atoms with Crippen molar-refractivity contribution in [1.29, 1.82) is 0 Å². The van der Waals surface area contributed by atoms with Crippen molar-refractivity contribution in [3.05, 3.63) is 0 Å². The van der Waals surface area contributed by atoms with Crippen LogP contribution >= 0.6 is 0 Å². The Balaban J connectivity index is 2.17. The first-order valence-corrected chi connectivity index (χ1v) is 6.38. The Morgan fingerprint density at radius 3 is 2.40 bits per heavy atom. The van der Waals surface area contributed by atoms with E-state index in [9.17, 15) is 0 Å². The smallest absolute Gasteiger partial charge is 0.0707 e. The van der Waals surface area contributed by atoms with Gasteiger partial charge in [-0.2, -0.15) is 0 Å². The third kappa shape index (κ3) is 4.49. The van der Waals surface area contributed by atoms with Crippen LogP contribution in [0.3, 0.4) is 0 Å². The van der Waals surface area contributed by atoms with E-state index in [2.05, 4.69) is 31.0 Å². The van der Waals surface area contributed by atoms with Crippen LogP contribution in [0.15, 0.2) is 0 Å². The molecule has 1 N–H and O–H groups in total. The maximum atomic E-state index is 5.99. The highest BCUT2D eigenvalue weighted by atomic mass is 16.5. The molecule has 2 atom stereocenters. The molecule has 0 spiro atoms. The first-order valence-electron chi connectivity index (χ1n) is 6.38. The Bertz CT molecular complexity index is 160. The van der Waals surface area contributed by atoms with E-state index >= 15 is 0 Å². The summed E-state index contributed by atoms with van der Waals surface area (Å²) >= 11 is 0. The lowest BCUT2D eigenvalue weighted by atomic mass is 10.2. The van der Waals surface area contributed by atoms with Crippen molar-refractivity contribution in [3.8, 4) is 0 Å². The van der Waals surface area contributed by atoms with Gasteiger partial charge in [0.1, 0.15) is 0 Å². The van der Waals surface area contributed by atoms with Crippen molar-refractivity contribution in [2.75, 3.05) is 32.7 Å². The Kier molecular flexibility index (Phi) is 6.22. The fourth-order valence-corrected chi connectivity index (χ4v) is 2.14. The van der Waals surface area contributed by atoms with Crippen LogP contribution in [-0.4, -0.2) is 49.8 Å². The van der Waals surface area contributed by atoms with Crippen molar-refractivity contribution >= 4 is 0 Å². The van der Waals surface area contributed by atoms with Gasteiger partial charge in [0.05, 0.1) is 12.2 Å². The van der Waals surface area contributed by atoms with Gasteiger partial charge in [-0.15, -0.1) is 0 Å². The minimum Gasteiger partial charge on any atom is -0.372 e. The zero-order valence-corrected chi connectivity index (χ0v) is 10.5. The monoisotopic (exact) mass is 214 g/mol. The number of likely N-dealkylation sites (N-methyl/N-ethyl adjacent to an activating group) is 2. The summed E-state index contributed by atoms with van der Waals surface area (Å²) < 4.78 is 5.99. The summed E-state index contributed by atoms with van der Waals surface area (Å²) in [6, 6.07) is 0. The maximum Gasteiger partial charge on any atom is 0.0707 e. The Morgan fingerprint density at radius 1 is 1.13 bits per heavy atom. The molecule has 1 fully saturated rings. The second-order valence-electron chi connectivity index (χ2n) is 4.25. The highest BCUT2D eigenvalue weighted by molar-refractivity contribution is 4.77. The molecule has 90 valence electrons. The van der Waals surface area contributed by atoms with E-state index in [0.29, 0.717) is 12.2 Å². The van der Waals surface area contributed by atoms with E-state index < -0.39 is 0 Å². The van der Waals surface area contributed by atoms with Gasteiger partial charge in [0, 0.05) is 13.1 Å². The van der Waals surface area contributed by atoms with Crippen LogP contribution in [0.1, 0.15) is 33.6 Å². The van der Waals surface area contributed by atoms with Crippen molar-refractivity contribution < 1.29 is 4.74 Å². The van der Waals surface area contributed by atoms with E-state index in [-0.39, 0.29) is 0 Å². The molecule has 2 unspecified atom stereocenters. The van der Waals surface area contributed by atoms with Crippen LogP contribution in [0.25, 0.3) is 0 Å². The molecule has 15 heavy (non-hydrogen) atoms. The van der Waals surface area contributed by atoms with Gasteiger partial charge in [-0.25, -0.2) is 0 Å². The molecule has 0 saturated carbocycles. The summed E-state index contributed by atoms with van der Waals surface area (Å²) in [6.07, 6.45) is 3.37. The molecular weight excluding hydrogens is 188 g/mol. The van der Waals surface area contributed by atoms with Crippen LogP contribution in [-0.2, 0) is 4.74 Å². The normalized spacial score (nSPS) is 26.4. The van der Waals surface area contributed by atoms with Crippen LogP contribution in [0.5, 0.6) is 0 Å². The van der Waals surface area contributed by atoms with Gasteiger partial charge in [-0.1, -0.05) is 20.8 Å². The molecule has 1 aliphatic rings. The molecule has 1 heterocycles. The second kappa shape index (κ2) is 7.20. The van der Waals surface area contributed by atoms with Crippen LogP contribution in [0.2, 0.25) is 0 Å². The second-order valence-corrected chi connectivity index (χ2v) is 4.25. The van der Waals surface area contributed by atoms with Gasteiger partial charge in [-0.05, 0) is 32.5 Å². The number of nitrogens with one attached hydrogen (secondary N) is 1. The molecule has 1 rings (SSSR count). The van der Waals surface area contributed by atoms with Crippen molar-refractivity contribution in [2.24, 2.45) is 0 Å². The standard InChI is InChI=1S/C12H26N2O/c1-4-13-9-11-7-8-12(15-11)10-14(5-2)6-3/h11-13H,4-10H2,1-3H3. The minimum absolute atomic E-state index is 0.450. The molecule has 3 heteroatoms. The maximum absolute atomic E-state index is 5.99. The molecule has 0 bridgehead atoms. The quantitative estimate of drug-likeness (QED) is 0.695. The summed E-state index contributed by atoms with van der Waals surface area (Å²) in [4.78, 5) is 2.44. The van der Waals surface area contributed by atoms with Gasteiger partial charge in [0.15, 0.2) is 0 Å². The molecule has 1 saturated heterocycles. The number of hydrogen-bond donors (Lipinski definition) is 1. The van der Waals surface area contributed by atoms with E-state index in [0.717, 1.165) is 32.7 Å². The lowest BCUT2D eigenvalue weighted by Crippen LogP contribution is -2.33. The average Bonchev–Trinajstić information content (AvgIpc) is 2.70. The number of hydrogen-bond acceptors (Lipinski definition) is 3. The summed E-state index contributed by atoms with van der Waals surface area (Å²) in [5.41, 5.74) is 0. The first kappa shape index (κ1) is 12.9. The van der Waals surface area contributed by atoms with Gasteiger partial charge in [0.25, 0.3) is 0 Å².